The molecule has 1 aliphatic carbocycles. The van der Waals surface area contributed by atoms with Crippen LogP contribution >= 0.6 is 11.3 Å². The molecule has 0 amide bonds. The molecule has 0 saturated heterocycles. The normalized spacial score (nSPS) is 20.8. The van der Waals surface area contributed by atoms with E-state index < -0.39 is 11.9 Å². The Balaban J connectivity index is 1.78. The number of nitrogens with zero attached hydrogens (tertiary/aromatic N) is 3. The number of thiophene rings is 1. The minimum absolute atomic E-state index is 0.00827. The Morgan fingerprint density at radius 3 is 2.93 bits per heavy atom. The van der Waals surface area contributed by atoms with E-state index in [1.165, 1.54) is 17.7 Å². The molecule has 0 unspecified atom stereocenters. The van der Waals surface area contributed by atoms with Crippen LogP contribution in [0.3, 0.4) is 0 Å². The van der Waals surface area contributed by atoms with Crippen molar-refractivity contribution in [3.63, 3.8) is 0 Å². The SMILES string of the molecule is CCOC(=O)C1=C(N)OC2=C(C(=O)CC(C)(C)C2)[C@@H]1c1cc(Cn2cncn2)cs1. The number of esters is 1. The summed E-state index contributed by atoms with van der Waals surface area (Å²) in [6.45, 7) is 6.52. The molecule has 4 rings (SSSR count). The zero-order valence-corrected chi connectivity index (χ0v) is 18.0. The van der Waals surface area contributed by atoms with Crippen LogP contribution in [0.25, 0.3) is 0 Å². The van der Waals surface area contributed by atoms with Crippen LogP contribution in [0.15, 0.2) is 46.9 Å². The Hall–Kier alpha value is -2.94. The maximum Gasteiger partial charge on any atom is 0.340 e. The van der Waals surface area contributed by atoms with Crippen LogP contribution in [0.1, 0.15) is 50.0 Å². The number of hydrogen-bond donors (Lipinski definition) is 1. The molecule has 8 nitrogen and oxygen atoms in total. The van der Waals surface area contributed by atoms with E-state index in [1.54, 1.807) is 17.9 Å². The van der Waals surface area contributed by atoms with Crippen LogP contribution in [0.5, 0.6) is 0 Å². The van der Waals surface area contributed by atoms with Crippen molar-refractivity contribution in [2.75, 3.05) is 6.61 Å². The molecule has 3 heterocycles. The highest BCUT2D eigenvalue weighted by molar-refractivity contribution is 7.10. The van der Waals surface area contributed by atoms with E-state index in [0.717, 1.165) is 10.4 Å². The molecule has 158 valence electrons. The molecule has 1 atom stereocenters. The Kier molecular flexibility index (Phi) is 5.23. The van der Waals surface area contributed by atoms with Gasteiger partial charge in [0.25, 0.3) is 0 Å². The summed E-state index contributed by atoms with van der Waals surface area (Å²) in [5.74, 6) is -0.611. The second-order valence-corrected chi connectivity index (χ2v) is 9.20. The molecule has 2 aromatic rings. The largest absolute Gasteiger partial charge is 0.462 e. The first-order valence-electron chi connectivity index (χ1n) is 9.79. The number of allylic oxidation sites excluding steroid dienone is 2. The number of Topliss-reactive ketones (excluding diaryl/α,β-unsaturated/α-hetero) is 1. The molecule has 30 heavy (non-hydrogen) atoms. The van der Waals surface area contributed by atoms with Gasteiger partial charge in [0.05, 0.1) is 19.1 Å². The number of carbonyl (C=O) groups excluding carboxylic acids is 2. The standard InChI is InChI=1S/C21H24N4O4S/c1-4-28-20(27)18-17(15-5-12(9-30-15)8-25-11-23-10-24-25)16-13(26)6-21(2,3)7-14(16)29-19(18)22/h5,9-11,17H,4,6-8,22H2,1-3H3/t17-/m0/s1. The third kappa shape index (κ3) is 3.77. The third-order valence-electron chi connectivity index (χ3n) is 5.22. The van der Waals surface area contributed by atoms with Gasteiger partial charge in [-0.2, -0.15) is 5.10 Å². The van der Waals surface area contributed by atoms with Crippen molar-refractivity contribution in [1.82, 2.24) is 14.8 Å². The molecular formula is C21H24N4O4S. The van der Waals surface area contributed by atoms with Crippen molar-refractivity contribution in [3.05, 3.63) is 57.3 Å². The van der Waals surface area contributed by atoms with Crippen LogP contribution < -0.4 is 5.73 Å². The molecule has 0 aromatic carbocycles. The zero-order valence-electron chi connectivity index (χ0n) is 17.2. The maximum atomic E-state index is 13.2. The van der Waals surface area contributed by atoms with Gasteiger partial charge in [-0.25, -0.2) is 14.5 Å². The fourth-order valence-corrected chi connectivity index (χ4v) is 5.03. The van der Waals surface area contributed by atoms with Crippen molar-refractivity contribution < 1.29 is 19.1 Å². The predicted molar refractivity (Wildman–Crippen MR) is 110 cm³/mol. The predicted octanol–water partition coefficient (Wildman–Crippen LogP) is 2.88. The third-order valence-corrected chi connectivity index (χ3v) is 6.27. The second-order valence-electron chi connectivity index (χ2n) is 8.26. The molecule has 0 spiro atoms. The van der Waals surface area contributed by atoms with Crippen LogP contribution in [0.2, 0.25) is 0 Å². The number of rotatable bonds is 5. The molecule has 2 N–H and O–H groups in total. The zero-order chi connectivity index (χ0) is 21.5. The lowest BCUT2D eigenvalue weighted by Gasteiger charge is -2.37. The van der Waals surface area contributed by atoms with Gasteiger partial charge in [0.2, 0.25) is 5.88 Å². The smallest absolute Gasteiger partial charge is 0.340 e. The summed E-state index contributed by atoms with van der Waals surface area (Å²) in [7, 11) is 0. The van der Waals surface area contributed by atoms with Gasteiger partial charge < -0.3 is 15.2 Å². The highest BCUT2D eigenvalue weighted by atomic mass is 32.1. The molecular weight excluding hydrogens is 404 g/mol. The van der Waals surface area contributed by atoms with Crippen molar-refractivity contribution in [1.29, 1.82) is 0 Å². The quantitative estimate of drug-likeness (QED) is 0.729. The van der Waals surface area contributed by atoms with Crippen LogP contribution in [-0.2, 0) is 25.6 Å². The first kappa shape index (κ1) is 20.3. The van der Waals surface area contributed by atoms with Crippen molar-refractivity contribution in [3.8, 4) is 0 Å². The summed E-state index contributed by atoms with van der Waals surface area (Å²) in [6, 6.07) is 1.98. The monoisotopic (exact) mass is 428 g/mol. The Morgan fingerprint density at radius 2 is 2.23 bits per heavy atom. The molecule has 2 aliphatic rings. The highest BCUT2D eigenvalue weighted by Crippen LogP contribution is 2.49. The van der Waals surface area contributed by atoms with Gasteiger partial charge in [0.15, 0.2) is 5.78 Å². The Labute approximate surface area is 178 Å². The minimum atomic E-state index is -0.592. The van der Waals surface area contributed by atoms with Gasteiger partial charge in [-0.15, -0.1) is 11.3 Å². The molecule has 0 radical (unpaired) electrons. The lowest BCUT2D eigenvalue weighted by molar-refractivity contribution is -0.139. The first-order valence-corrected chi connectivity index (χ1v) is 10.7. The highest BCUT2D eigenvalue weighted by Gasteiger charge is 2.45. The number of ketones is 1. The number of carbonyl (C=O) groups is 2. The van der Waals surface area contributed by atoms with Gasteiger partial charge in [0.1, 0.15) is 24.0 Å². The molecule has 0 bridgehead atoms. The van der Waals surface area contributed by atoms with E-state index >= 15 is 0 Å². The Bertz CT molecular complexity index is 1050. The molecule has 9 heteroatoms. The summed E-state index contributed by atoms with van der Waals surface area (Å²) >= 11 is 1.48. The first-order chi connectivity index (χ1) is 14.3. The molecule has 1 aliphatic heterocycles. The number of nitrogens with two attached hydrogens (primary N) is 1. The van der Waals surface area contributed by atoms with Crippen molar-refractivity contribution in [2.24, 2.45) is 11.1 Å². The molecule has 2 aromatic heterocycles. The van der Waals surface area contributed by atoms with Crippen LogP contribution in [0.4, 0.5) is 0 Å². The topological polar surface area (TPSA) is 109 Å². The van der Waals surface area contributed by atoms with Gasteiger partial charge >= 0.3 is 5.97 Å². The number of ether oxygens (including phenoxy) is 2. The van der Waals surface area contributed by atoms with E-state index in [-0.39, 0.29) is 29.3 Å². The fourth-order valence-electron chi connectivity index (χ4n) is 4.01. The fraction of sp³-hybridized carbons (Fsp3) is 0.429. The second kappa shape index (κ2) is 7.71. The summed E-state index contributed by atoms with van der Waals surface area (Å²) < 4.78 is 12.8. The van der Waals surface area contributed by atoms with Gasteiger partial charge in [0, 0.05) is 23.3 Å². The average molecular weight is 429 g/mol. The molecule has 0 saturated carbocycles. The van der Waals surface area contributed by atoms with Crippen LogP contribution in [0, 0.1) is 5.41 Å². The number of aromatic nitrogens is 3. The van der Waals surface area contributed by atoms with Gasteiger partial charge in [-0.05, 0) is 29.3 Å². The molecule has 0 fully saturated rings. The summed E-state index contributed by atoms with van der Waals surface area (Å²) in [5.41, 5.74) is 7.67. The van der Waals surface area contributed by atoms with Gasteiger partial charge in [-0.3, -0.25) is 4.79 Å². The maximum absolute atomic E-state index is 13.2. The van der Waals surface area contributed by atoms with E-state index in [2.05, 4.69) is 10.1 Å². The van der Waals surface area contributed by atoms with E-state index in [1.807, 2.05) is 25.3 Å². The Morgan fingerprint density at radius 1 is 1.43 bits per heavy atom. The van der Waals surface area contributed by atoms with E-state index in [0.29, 0.717) is 30.7 Å². The average Bonchev–Trinajstić information content (AvgIpc) is 3.32. The summed E-state index contributed by atoms with van der Waals surface area (Å²) in [5, 5.41) is 6.12. The van der Waals surface area contributed by atoms with Crippen molar-refractivity contribution in [2.45, 2.75) is 46.1 Å². The van der Waals surface area contributed by atoms with E-state index in [4.69, 9.17) is 15.2 Å². The summed E-state index contributed by atoms with van der Waals surface area (Å²) in [6.07, 6.45) is 4.09. The van der Waals surface area contributed by atoms with Crippen LogP contribution in [-0.4, -0.2) is 33.1 Å². The lowest BCUT2D eigenvalue weighted by atomic mass is 9.71. The number of hydrogen-bond acceptors (Lipinski definition) is 8. The summed E-state index contributed by atoms with van der Waals surface area (Å²) in [4.78, 5) is 30.7. The minimum Gasteiger partial charge on any atom is -0.462 e. The van der Waals surface area contributed by atoms with Gasteiger partial charge in [-0.1, -0.05) is 13.8 Å². The van der Waals surface area contributed by atoms with E-state index in [9.17, 15) is 9.59 Å². The lowest BCUT2D eigenvalue weighted by Crippen LogP contribution is -2.35. The van der Waals surface area contributed by atoms with Crippen molar-refractivity contribution >= 4 is 23.1 Å².